The molecule has 4 atom stereocenters. The lowest BCUT2D eigenvalue weighted by Crippen LogP contribution is -2.38. The van der Waals surface area contributed by atoms with E-state index in [2.05, 4.69) is 62.1 Å². The number of nitrogens with zero attached hydrogens (tertiary/aromatic N) is 5. The highest BCUT2D eigenvalue weighted by Gasteiger charge is 2.47. The molecule has 0 aliphatic heterocycles. The van der Waals surface area contributed by atoms with Gasteiger partial charge in [-0.25, -0.2) is 14.6 Å². The lowest BCUT2D eigenvalue weighted by atomic mass is 10.0. The number of hydrogen-bond donors (Lipinski definition) is 4. The van der Waals surface area contributed by atoms with Crippen molar-refractivity contribution in [1.82, 2.24) is 30.3 Å². The van der Waals surface area contributed by atoms with Crippen LogP contribution in [0.4, 0.5) is 5.82 Å². The second kappa shape index (κ2) is 12.3. The molecule has 192 valence electrons. The van der Waals surface area contributed by atoms with Crippen LogP contribution in [0.15, 0.2) is 41.6 Å². The predicted octanol–water partition coefficient (Wildman–Crippen LogP) is 2.66. The molecule has 4 N–H and O–H groups in total. The first-order valence-corrected chi connectivity index (χ1v) is 13.4. The number of amides is 1. The van der Waals surface area contributed by atoms with Crippen molar-refractivity contribution < 1.29 is 15.0 Å². The molecule has 3 aromatic rings. The summed E-state index contributed by atoms with van der Waals surface area (Å²) in [4.78, 5) is 21.7. The molecule has 2 aromatic heterocycles. The Morgan fingerprint density at radius 3 is 2.75 bits per heavy atom. The fourth-order valence-electron chi connectivity index (χ4n) is 4.29. The number of carbonyl (C=O) groups excluding carboxylic acids is 1. The third-order valence-electron chi connectivity index (χ3n) is 6.11. The molecule has 1 aliphatic carbocycles. The average molecular weight is 512 g/mol. The quantitative estimate of drug-likeness (QED) is 0.174. The van der Waals surface area contributed by atoms with Crippen molar-refractivity contribution in [2.45, 2.75) is 56.5 Å². The molecule has 0 saturated heterocycles. The fraction of sp³-hybridized carbons (Fsp3) is 0.480. The van der Waals surface area contributed by atoms with Gasteiger partial charge >= 0.3 is 0 Å². The van der Waals surface area contributed by atoms with E-state index in [1.807, 2.05) is 25.1 Å². The zero-order chi connectivity index (χ0) is 25.5. The largest absolute Gasteiger partial charge is 0.390 e. The van der Waals surface area contributed by atoms with Gasteiger partial charge in [0.2, 0.25) is 5.91 Å². The minimum Gasteiger partial charge on any atom is -0.390 e. The molecule has 0 spiro atoms. The van der Waals surface area contributed by atoms with Gasteiger partial charge in [-0.1, -0.05) is 66.4 Å². The lowest BCUT2D eigenvalue weighted by Gasteiger charge is -2.17. The van der Waals surface area contributed by atoms with Gasteiger partial charge in [0.05, 0.1) is 18.1 Å². The Labute approximate surface area is 214 Å². The molecule has 1 fully saturated rings. The fourth-order valence-corrected chi connectivity index (χ4v) is 4.98. The maximum absolute atomic E-state index is 12.4. The van der Waals surface area contributed by atoms with Crippen LogP contribution < -0.4 is 10.6 Å². The van der Waals surface area contributed by atoms with Gasteiger partial charge in [-0.2, -0.15) is 0 Å². The van der Waals surface area contributed by atoms with Crippen LogP contribution in [-0.4, -0.2) is 72.1 Å². The predicted molar refractivity (Wildman–Crippen MR) is 141 cm³/mol. The van der Waals surface area contributed by atoms with E-state index in [1.54, 1.807) is 0 Å². The van der Waals surface area contributed by atoms with E-state index < -0.39 is 24.2 Å². The van der Waals surface area contributed by atoms with Crippen LogP contribution in [0.1, 0.15) is 44.7 Å². The number of rotatable bonds is 11. The van der Waals surface area contributed by atoms with Crippen molar-refractivity contribution in [2.24, 2.45) is 5.92 Å². The van der Waals surface area contributed by atoms with E-state index in [-0.39, 0.29) is 12.3 Å². The van der Waals surface area contributed by atoms with Crippen LogP contribution >= 0.6 is 11.8 Å². The normalized spacial score (nSPS) is 21.9. The van der Waals surface area contributed by atoms with Crippen molar-refractivity contribution in [3.05, 3.63) is 42.0 Å². The molecule has 1 saturated carbocycles. The minimum absolute atomic E-state index is 0.237. The summed E-state index contributed by atoms with van der Waals surface area (Å²) in [5, 5.41) is 36.5. The summed E-state index contributed by atoms with van der Waals surface area (Å²) >= 11 is 1.54. The first kappa shape index (κ1) is 26.1. The molecule has 1 aliphatic rings. The molecule has 11 heteroatoms. The van der Waals surface area contributed by atoms with Gasteiger partial charge in [0.25, 0.3) is 0 Å². The monoisotopic (exact) mass is 511 g/mol. The van der Waals surface area contributed by atoms with Gasteiger partial charge in [0.1, 0.15) is 6.10 Å². The van der Waals surface area contributed by atoms with Crippen LogP contribution in [0.3, 0.4) is 0 Å². The Bertz CT molecular complexity index is 1190. The van der Waals surface area contributed by atoms with E-state index >= 15 is 0 Å². The average Bonchev–Trinajstić information content (AvgIpc) is 3.44. The number of thioether (sulfide) groups is 1. The molecular formula is C25H33N7O3S. The molecule has 2 heterocycles. The molecule has 0 unspecified atom stereocenters. The van der Waals surface area contributed by atoms with Crippen molar-refractivity contribution in [3.8, 4) is 0 Å². The second-order valence-corrected chi connectivity index (χ2v) is 9.79. The third kappa shape index (κ3) is 5.85. The highest BCUT2D eigenvalue weighted by Crippen LogP contribution is 2.37. The van der Waals surface area contributed by atoms with Crippen LogP contribution in [0.5, 0.6) is 0 Å². The van der Waals surface area contributed by atoms with Gasteiger partial charge in [0.15, 0.2) is 22.1 Å². The first-order valence-electron chi connectivity index (χ1n) is 12.4. The number of anilines is 1. The van der Waals surface area contributed by atoms with Crippen molar-refractivity contribution in [1.29, 1.82) is 0 Å². The molecule has 0 bridgehead atoms. The number of hydrogen-bond acceptors (Lipinski definition) is 9. The molecule has 1 amide bonds. The number of fused-ring (bicyclic) bond motifs is 1. The summed E-state index contributed by atoms with van der Waals surface area (Å²) < 4.78 is 1.53. The van der Waals surface area contributed by atoms with Crippen LogP contribution in [0, 0.1) is 5.92 Å². The highest BCUT2D eigenvalue weighted by molar-refractivity contribution is 7.99. The first-order chi connectivity index (χ1) is 17.5. The van der Waals surface area contributed by atoms with Crippen molar-refractivity contribution in [3.63, 3.8) is 0 Å². The van der Waals surface area contributed by atoms with Gasteiger partial charge < -0.3 is 20.8 Å². The van der Waals surface area contributed by atoms with Crippen molar-refractivity contribution >= 4 is 40.7 Å². The molecular weight excluding hydrogens is 478 g/mol. The van der Waals surface area contributed by atoms with Gasteiger partial charge in [0, 0.05) is 18.8 Å². The number of aliphatic hydroxyl groups is 2. The minimum atomic E-state index is -1.19. The molecule has 1 aromatic carbocycles. The van der Waals surface area contributed by atoms with Crippen LogP contribution in [0.2, 0.25) is 0 Å². The molecule has 4 rings (SSSR count). The number of nitrogens with one attached hydrogen (secondary N) is 2. The van der Waals surface area contributed by atoms with Crippen LogP contribution in [-0.2, 0) is 4.79 Å². The zero-order valence-corrected chi connectivity index (χ0v) is 21.4. The maximum Gasteiger partial charge on any atom is 0.225 e. The lowest BCUT2D eigenvalue weighted by molar-refractivity contribution is -0.128. The number of carbonyl (C=O) groups is 1. The summed E-state index contributed by atoms with van der Waals surface area (Å²) in [5.74, 6) is 0.423. The Kier molecular flexibility index (Phi) is 8.89. The Balaban J connectivity index is 1.55. The summed E-state index contributed by atoms with van der Waals surface area (Å²) in [6.07, 6.45) is 3.82. The summed E-state index contributed by atoms with van der Waals surface area (Å²) in [7, 11) is 0. The number of aliphatic hydroxyl groups excluding tert-OH is 2. The van der Waals surface area contributed by atoms with E-state index in [4.69, 9.17) is 0 Å². The summed E-state index contributed by atoms with van der Waals surface area (Å²) in [6.45, 7) is 5.00. The van der Waals surface area contributed by atoms with E-state index in [0.717, 1.165) is 24.2 Å². The highest BCUT2D eigenvalue weighted by atomic mass is 32.2. The standard InChI is InChI=1S/C25H33N7O3S/c1-3-14-36-25-28-22(27-13-9-8-12-16-10-6-5-7-11-16)19-23(29-25)32(31-30-19)18-15-17(20(33)21(18)34)24(35)26-4-2/h5-8,10-12,17-18,20-21,33-34H,3-4,9,13-15H2,1-2H3,(H,26,35)(H,27,28,29)/b12-8+/t17-,18+,20+,21-/m0/s1. The summed E-state index contributed by atoms with van der Waals surface area (Å²) in [6, 6.07) is 9.49. The number of aromatic nitrogens is 5. The van der Waals surface area contributed by atoms with E-state index in [1.165, 1.54) is 16.4 Å². The zero-order valence-electron chi connectivity index (χ0n) is 20.5. The maximum atomic E-state index is 12.4. The van der Waals surface area contributed by atoms with Crippen molar-refractivity contribution in [2.75, 3.05) is 24.2 Å². The smallest absolute Gasteiger partial charge is 0.225 e. The summed E-state index contributed by atoms with van der Waals surface area (Å²) in [5.41, 5.74) is 2.11. The molecule has 10 nitrogen and oxygen atoms in total. The Morgan fingerprint density at radius 2 is 2.00 bits per heavy atom. The van der Waals surface area contributed by atoms with Gasteiger partial charge in [-0.15, -0.1) is 5.10 Å². The van der Waals surface area contributed by atoms with E-state index in [0.29, 0.717) is 35.2 Å². The molecule has 0 radical (unpaired) electrons. The van der Waals surface area contributed by atoms with E-state index in [9.17, 15) is 15.0 Å². The second-order valence-electron chi connectivity index (χ2n) is 8.72. The Hall–Kier alpha value is -3.02. The van der Waals surface area contributed by atoms with Gasteiger partial charge in [-0.05, 0) is 31.7 Å². The topological polar surface area (TPSA) is 138 Å². The third-order valence-corrected chi connectivity index (χ3v) is 7.16. The number of benzene rings is 1. The molecule has 36 heavy (non-hydrogen) atoms. The van der Waals surface area contributed by atoms with Crippen LogP contribution in [0.25, 0.3) is 17.2 Å². The van der Waals surface area contributed by atoms with Gasteiger partial charge in [-0.3, -0.25) is 4.79 Å². The Morgan fingerprint density at radius 1 is 1.19 bits per heavy atom. The SMILES string of the molecule is CCCSc1nc(NCC/C=C/c2ccccc2)c2nnn([C@@H]3C[C@H](C(=O)NCC)[C@@H](O)[C@H]3O)c2n1.